The number of fused-ring (bicyclic) bond motifs is 1. The summed E-state index contributed by atoms with van der Waals surface area (Å²) in [7, 11) is 0. The molecule has 0 N–H and O–H groups in total. The number of para-hydroxylation sites is 1. The van der Waals surface area contributed by atoms with E-state index in [4.69, 9.17) is 8.83 Å². The number of carbonyl (C=O) groups is 1. The van der Waals surface area contributed by atoms with E-state index in [2.05, 4.69) is 32.2 Å². The molecule has 6 rings (SSSR count). The summed E-state index contributed by atoms with van der Waals surface area (Å²) in [6, 6.07) is 23.4. The molecule has 0 spiro atoms. The highest BCUT2D eigenvalue weighted by atomic mass is 16.4. The van der Waals surface area contributed by atoms with Crippen molar-refractivity contribution in [3.8, 4) is 11.5 Å². The Morgan fingerprint density at radius 3 is 2.38 bits per heavy atom. The van der Waals surface area contributed by atoms with E-state index in [9.17, 15) is 4.79 Å². The van der Waals surface area contributed by atoms with Crippen LogP contribution in [0.1, 0.15) is 39.3 Å². The third-order valence-electron chi connectivity index (χ3n) is 6.83. The normalized spacial score (nSPS) is 15.2. The van der Waals surface area contributed by atoms with E-state index < -0.39 is 0 Å². The molecule has 1 aliphatic heterocycles. The molecule has 3 heterocycles. The van der Waals surface area contributed by atoms with Crippen molar-refractivity contribution in [1.29, 1.82) is 0 Å². The first kappa shape index (κ1) is 23.1. The smallest absolute Gasteiger partial charge is 0.253 e. The maximum Gasteiger partial charge on any atom is 0.253 e. The van der Waals surface area contributed by atoms with Crippen LogP contribution in [0.5, 0.6) is 0 Å². The van der Waals surface area contributed by atoms with Crippen molar-refractivity contribution in [2.75, 3.05) is 26.2 Å². The van der Waals surface area contributed by atoms with Gasteiger partial charge in [-0.15, -0.1) is 10.2 Å². The van der Waals surface area contributed by atoms with Crippen LogP contribution in [0.25, 0.3) is 22.6 Å². The van der Waals surface area contributed by atoms with E-state index in [0.717, 1.165) is 27.8 Å². The first-order chi connectivity index (χ1) is 18.1. The lowest BCUT2D eigenvalue weighted by Gasteiger charge is -2.38. The summed E-state index contributed by atoms with van der Waals surface area (Å²) in [5, 5.41) is 8.35. The lowest BCUT2D eigenvalue weighted by atomic mass is 10.0. The topological polar surface area (TPSA) is 88.5 Å². The molecular weight excluding hydrogens is 466 g/mol. The van der Waals surface area contributed by atoms with Crippen molar-refractivity contribution in [2.24, 2.45) is 0 Å². The van der Waals surface area contributed by atoms with Gasteiger partial charge in [0.1, 0.15) is 11.6 Å². The zero-order chi connectivity index (χ0) is 25.4. The van der Waals surface area contributed by atoms with E-state index in [1.165, 1.54) is 0 Å². The Morgan fingerprint density at radius 1 is 0.865 bits per heavy atom. The van der Waals surface area contributed by atoms with Gasteiger partial charge >= 0.3 is 0 Å². The standard InChI is InChI=1S/C29H27N5O3/c1-19-8-6-13-24-26(19)37-27(30-24)22-11-7-12-23(18-22)29(35)34-16-14-33(15-17-34)25(21-9-4-3-5-10-21)28-32-31-20(2)36-28/h3-13,18,25H,14-17H2,1-2H3/t25-/m1/s1. The van der Waals surface area contributed by atoms with Gasteiger partial charge in [-0.2, -0.15) is 0 Å². The largest absolute Gasteiger partial charge is 0.436 e. The van der Waals surface area contributed by atoms with Crippen LogP contribution in [0, 0.1) is 13.8 Å². The Morgan fingerprint density at radius 2 is 1.65 bits per heavy atom. The third kappa shape index (κ3) is 4.51. The number of amides is 1. The van der Waals surface area contributed by atoms with E-state index >= 15 is 0 Å². The molecule has 186 valence electrons. The number of hydrogen-bond acceptors (Lipinski definition) is 7. The molecule has 3 aromatic carbocycles. The fraction of sp³-hybridized carbons (Fsp3) is 0.241. The molecular formula is C29H27N5O3. The first-order valence-corrected chi connectivity index (χ1v) is 12.4. The van der Waals surface area contributed by atoms with Crippen LogP contribution in [-0.4, -0.2) is 57.1 Å². The number of carbonyl (C=O) groups excluding carboxylic acids is 1. The van der Waals surface area contributed by atoms with Crippen molar-refractivity contribution >= 4 is 17.0 Å². The number of piperazine rings is 1. The number of rotatable bonds is 5. The number of benzene rings is 3. The minimum atomic E-state index is -0.148. The summed E-state index contributed by atoms with van der Waals surface area (Å²) in [4.78, 5) is 22.3. The fourth-order valence-electron chi connectivity index (χ4n) is 4.93. The van der Waals surface area contributed by atoms with Gasteiger partial charge in [0.15, 0.2) is 5.58 Å². The molecule has 37 heavy (non-hydrogen) atoms. The maximum absolute atomic E-state index is 13.4. The van der Waals surface area contributed by atoms with Crippen LogP contribution >= 0.6 is 0 Å². The second-order valence-corrected chi connectivity index (χ2v) is 9.32. The first-order valence-electron chi connectivity index (χ1n) is 12.4. The lowest BCUT2D eigenvalue weighted by Crippen LogP contribution is -2.50. The van der Waals surface area contributed by atoms with Crippen LogP contribution in [0.2, 0.25) is 0 Å². The van der Waals surface area contributed by atoms with Crippen molar-refractivity contribution in [3.05, 3.63) is 101 Å². The third-order valence-corrected chi connectivity index (χ3v) is 6.83. The zero-order valence-electron chi connectivity index (χ0n) is 20.8. The summed E-state index contributed by atoms with van der Waals surface area (Å²) in [6.45, 7) is 6.38. The minimum absolute atomic E-state index is 0.00122. The SMILES string of the molecule is Cc1nnc([C@@H](c2ccccc2)N2CCN(C(=O)c3cccc(-c4nc5cccc(C)c5o4)c3)CC2)o1. The summed E-state index contributed by atoms with van der Waals surface area (Å²) in [5.74, 6) is 1.63. The van der Waals surface area contributed by atoms with Gasteiger partial charge in [-0.1, -0.05) is 48.5 Å². The van der Waals surface area contributed by atoms with Crippen molar-refractivity contribution in [3.63, 3.8) is 0 Å². The van der Waals surface area contributed by atoms with Crippen molar-refractivity contribution in [2.45, 2.75) is 19.9 Å². The van der Waals surface area contributed by atoms with E-state index in [0.29, 0.717) is 49.4 Å². The Labute approximate surface area is 214 Å². The average molecular weight is 494 g/mol. The minimum Gasteiger partial charge on any atom is -0.436 e. The second-order valence-electron chi connectivity index (χ2n) is 9.32. The van der Waals surface area contributed by atoms with Gasteiger partial charge < -0.3 is 13.7 Å². The quantitative estimate of drug-likeness (QED) is 0.339. The summed E-state index contributed by atoms with van der Waals surface area (Å²) in [5.41, 5.74) is 5.12. The van der Waals surface area contributed by atoms with E-state index in [-0.39, 0.29) is 11.9 Å². The van der Waals surface area contributed by atoms with Gasteiger partial charge in [-0.25, -0.2) is 4.98 Å². The molecule has 1 saturated heterocycles. The molecule has 1 amide bonds. The predicted molar refractivity (Wildman–Crippen MR) is 139 cm³/mol. The molecule has 8 heteroatoms. The molecule has 0 unspecified atom stereocenters. The van der Waals surface area contributed by atoms with Crippen LogP contribution in [-0.2, 0) is 0 Å². The molecule has 0 aliphatic carbocycles. The number of aryl methyl sites for hydroxylation is 2. The Balaban J connectivity index is 1.19. The number of hydrogen-bond donors (Lipinski definition) is 0. The maximum atomic E-state index is 13.4. The van der Waals surface area contributed by atoms with Gasteiger partial charge in [-0.05, 0) is 42.3 Å². The van der Waals surface area contributed by atoms with E-state index in [1.54, 1.807) is 6.92 Å². The van der Waals surface area contributed by atoms with Crippen LogP contribution in [0.15, 0.2) is 81.6 Å². The Bertz CT molecular complexity index is 1550. The predicted octanol–water partition coefficient (Wildman–Crippen LogP) is 5.04. The molecule has 1 atom stereocenters. The fourth-order valence-corrected chi connectivity index (χ4v) is 4.93. The monoisotopic (exact) mass is 493 g/mol. The van der Waals surface area contributed by atoms with Crippen LogP contribution in [0.3, 0.4) is 0 Å². The molecule has 1 aliphatic rings. The molecule has 5 aromatic rings. The zero-order valence-corrected chi connectivity index (χ0v) is 20.8. The highest BCUT2D eigenvalue weighted by Gasteiger charge is 2.31. The Kier molecular flexibility index (Phi) is 6.02. The summed E-state index contributed by atoms with van der Waals surface area (Å²) >= 11 is 0. The second kappa shape index (κ2) is 9.63. The summed E-state index contributed by atoms with van der Waals surface area (Å²) in [6.07, 6.45) is 0. The molecule has 0 saturated carbocycles. The number of oxazole rings is 1. The van der Waals surface area contributed by atoms with Crippen molar-refractivity contribution in [1.82, 2.24) is 25.0 Å². The Hall–Kier alpha value is -4.30. The number of aromatic nitrogens is 3. The van der Waals surface area contributed by atoms with Gasteiger partial charge in [0.25, 0.3) is 5.91 Å². The van der Waals surface area contributed by atoms with Gasteiger partial charge in [0.05, 0.1) is 0 Å². The van der Waals surface area contributed by atoms with Gasteiger partial charge in [-0.3, -0.25) is 9.69 Å². The highest BCUT2D eigenvalue weighted by Crippen LogP contribution is 2.30. The van der Waals surface area contributed by atoms with Gasteiger partial charge in [0.2, 0.25) is 17.7 Å². The number of nitrogens with zero attached hydrogens (tertiary/aromatic N) is 5. The highest BCUT2D eigenvalue weighted by molar-refractivity contribution is 5.95. The average Bonchev–Trinajstić information content (AvgIpc) is 3.57. The molecule has 0 bridgehead atoms. The molecule has 8 nitrogen and oxygen atoms in total. The molecule has 2 aromatic heterocycles. The van der Waals surface area contributed by atoms with Crippen molar-refractivity contribution < 1.29 is 13.6 Å². The lowest BCUT2D eigenvalue weighted by molar-refractivity contribution is 0.0578. The summed E-state index contributed by atoms with van der Waals surface area (Å²) < 4.78 is 11.9. The molecule has 0 radical (unpaired) electrons. The van der Waals surface area contributed by atoms with Crippen LogP contribution in [0.4, 0.5) is 0 Å². The van der Waals surface area contributed by atoms with Crippen LogP contribution < -0.4 is 0 Å². The van der Waals surface area contributed by atoms with E-state index in [1.807, 2.05) is 72.5 Å². The van der Waals surface area contributed by atoms with Gasteiger partial charge in [0, 0.05) is 44.2 Å². The molecule has 1 fully saturated rings.